The number of fused-ring (bicyclic) bond motifs is 3. The Bertz CT molecular complexity index is 1080. The van der Waals surface area contributed by atoms with Crippen LogP contribution in [0, 0.1) is 17.1 Å². The minimum atomic E-state index is -0.570. The molecule has 5 nitrogen and oxygen atoms in total. The Morgan fingerprint density at radius 3 is 2.89 bits per heavy atom. The van der Waals surface area contributed by atoms with E-state index in [4.69, 9.17) is 11.6 Å². The third kappa shape index (κ3) is 2.55. The van der Waals surface area contributed by atoms with Crippen molar-refractivity contribution in [2.45, 2.75) is 13.0 Å². The summed E-state index contributed by atoms with van der Waals surface area (Å²) in [6.45, 7) is 2.71. The summed E-state index contributed by atoms with van der Waals surface area (Å²) in [6.07, 6.45) is 0. The molecule has 8 heteroatoms. The summed E-state index contributed by atoms with van der Waals surface area (Å²) in [4.78, 5) is 21.5. The zero-order chi connectivity index (χ0) is 19.5. The van der Waals surface area contributed by atoms with Gasteiger partial charge in [0.15, 0.2) is 5.78 Å². The van der Waals surface area contributed by atoms with Crippen LogP contribution in [0.2, 0.25) is 5.02 Å². The van der Waals surface area contributed by atoms with Crippen molar-refractivity contribution in [3.63, 3.8) is 0 Å². The second-order valence-electron chi connectivity index (χ2n) is 6.46. The van der Waals surface area contributed by atoms with Crippen molar-refractivity contribution in [2.75, 3.05) is 23.4 Å². The summed E-state index contributed by atoms with van der Waals surface area (Å²) in [5, 5.41) is 9.99. The SMILES string of the molecule is CC1CN=C2N(C)c3c(cc(Br)c(C(=O)c4cc(F)ccc4Cl)c3C#N)N21. The lowest BCUT2D eigenvalue weighted by Crippen LogP contribution is -2.37. The van der Waals surface area contributed by atoms with Gasteiger partial charge in [-0.25, -0.2) is 4.39 Å². The predicted molar refractivity (Wildman–Crippen MR) is 106 cm³/mol. The van der Waals surface area contributed by atoms with Crippen LogP contribution < -0.4 is 9.80 Å². The van der Waals surface area contributed by atoms with Crippen molar-refractivity contribution in [3.05, 3.63) is 56.3 Å². The standard InChI is InChI=1S/C19H13BrClFN4O/c1-9-8-24-19-25(2)17-12(7-23)16(13(20)6-15(17)26(9)19)18(27)11-5-10(22)3-4-14(11)21/h3-6,9H,8H2,1-2H3. The van der Waals surface area contributed by atoms with Crippen LogP contribution in [-0.2, 0) is 0 Å². The summed E-state index contributed by atoms with van der Waals surface area (Å²) in [6, 6.07) is 7.70. The van der Waals surface area contributed by atoms with E-state index in [2.05, 4.69) is 27.0 Å². The minimum Gasteiger partial charge on any atom is -0.312 e. The largest absolute Gasteiger partial charge is 0.312 e. The highest BCUT2D eigenvalue weighted by Crippen LogP contribution is 2.46. The molecule has 0 radical (unpaired) electrons. The van der Waals surface area contributed by atoms with E-state index in [9.17, 15) is 14.4 Å². The number of anilines is 2. The monoisotopic (exact) mass is 446 g/mol. The summed E-state index contributed by atoms with van der Waals surface area (Å²) in [5.74, 6) is -0.338. The van der Waals surface area contributed by atoms with Gasteiger partial charge in [-0.05, 0) is 47.1 Å². The Morgan fingerprint density at radius 1 is 1.44 bits per heavy atom. The molecule has 0 N–H and O–H groups in total. The van der Waals surface area contributed by atoms with Crippen molar-refractivity contribution >= 4 is 50.6 Å². The Hall–Kier alpha value is -2.43. The fourth-order valence-electron chi connectivity index (χ4n) is 3.57. The van der Waals surface area contributed by atoms with Gasteiger partial charge in [-0.15, -0.1) is 0 Å². The quantitative estimate of drug-likeness (QED) is 0.642. The minimum absolute atomic E-state index is 0.0145. The lowest BCUT2D eigenvalue weighted by Gasteiger charge is -2.20. The van der Waals surface area contributed by atoms with E-state index in [0.717, 1.165) is 17.7 Å². The molecule has 1 unspecified atom stereocenters. The predicted octanol–water partition coefficient (Wildman–Crippen LogP) is 4.36. The van der Waals surface area contributed by atoms with Gasteiger partial charge in [0.2, 0.25) is 5.96 Å². The molecule has 2 aliphatic heterocycles. The molecule has 2 aromatic carbocycles. The van der Waals surface area contributed by atoms with Crippen molar-refractivity contribution in [1.29, 1.82) is 5.26 Å². The smallest absolute Gasteiger partial charge is 0.206 e. The fourth-order valence-corrected chi connectivity index (χ4v) is 4.37. The van der Waals surface area contributed by atoms with Gasteiger partial charge in [-0.1, -0.05) is 11.6 Å². The number of nitriles is 1. The summed E-state index contributed by atoms with van der Waals surface area (Å²) in [5.41, 5.74) is 1.80. The highest BCUT2D eigenvalue weighted by atomic mass is 79.9. The number of nitrogens with zero attached hydrogens (tertiary/aromatic N) is 4. The van der Waals surface area contributed by atoms with Crippen molar-refractivity contribution in [3.8, 4) is 6.07 Å². The van der Waals surface area contributed by atoms with Crippen molar-refractivity contribution < 1.29 is 9.18 Å². The number of carbonyl (C=O) groups excluding carboxylic acids is 1. The number of guanidine groups is 1. The molecule has 0 saturated heterocycles. The van der Waals surface area contributed by atoms with E-state index in [0.29, 0.717) is 16.7 Å². The van der Waals surface area contributed by atoms with Gasteiger partial charge in [0, 0.05) is 17.1 Å². The first-order chi connectivity index (χ1) is 12.8. The summed E-state index contributed by atoms with van der Waals surface area (Å²) in [7, 11) is 1.81. The average Bonchev–Trinajstić information content (AvgIpc) is 3.15. The van der Waals surface area contributed by atoms with Crippen LogP contribution in [0.1, 0.15) is 28.4 Å². The highest BCUT2D eigenvalue weighted by molar-refractivity contribution is 9.10. The molecule has 2 aromatic rings. The first-order valence-electron chi connectivity index (χ1n) is 8.19. The van der Waals surface area contributed by atoms with Gasteiger partial charge in [-0.2, -0.15) is 5.26 Å². The molecule has 0 amide bonds. The van der Waals surface area contributed by atoms with Crippen LogP contribution in [-0.4, -0.2) is 31.4 Å². The van der Waals surface area contributed by atoms with Crippen LogP contribution in [0.15, 0.2) is 33.7 Å². The van der Waals surface area contributed by atoms with E-state index in [1.807, 2.05) is 23.8 Å². The number of carbonyl (C=O) groups is 1. The van der Waals surface area contributed by atoms with Gasteiger partial charge < -0.3 is 9.80 Å². The van der Waals surface area contributed by atoms with Crippen LogP contribution in [0.3, 0.4) is 0 Å². The van der Waals surface area contributed by atoms with Crippen molar-refractivity contribution in [1.82, 2.24) is 0 Å². The Labute approximate surface area is 168 Å². The Morgan fingerprint density at radius 2 is 2.19 bits per heavy atom. The van der Waals surface area contributed by atoms with Gasteiger partial charge >= 0.3 is 0 Å². The van der Waals surface area contributed by atoms with Gasteiger partial charge in [0.25, 0.3) is 0 Å². The molecule has 0 saturated carbocycles. The van der Waals surface area contributed by atoms with Crippen LogP contribution in [0.4, 0.5) is 15.8 Å². The highest BCUT2D eigenvalue weighted by Gasteiger charge is 2.41. The molecule has 0 spiro atoms. The maximum absolute atomic E-state index is 13.7. The number of ketones is 1. The summed E-state index contributed by atoms with van der Waals surface area (Å²) < 4.78 is 14.1. The third-order valence-electron chi connectivity index (χ3n) is 4.79. The maximum Gasteiger partial charge on any atom is 0.206 e. The molecule has 0 aromatic heterocycles. The molecule has 2 heterocycles. The van der Waals surface area contributed by atoms with Gasteiger partial charge in [0.1, 0.15) is 11.9 Å². The van der Waals surface area contributed by atoms with Crippen LogP contribution >= 0.6 is 27.5 Å². The number of halogens is 3. The first-order valence-corrected chi connectivity index (χ1v) is 9.36. The maximum atomic E-state index is 13.7. The number of rotatable bonds is 2. The van der Waals surface area contributed by atoms with Gasteiger partial charge in [0.05, 0.1) is 40.1 Å². The number of hydrogen-bond acceptors (Lipinski definition) is 5. The molecular weight excluding hydrogens is 435 g/mol. The van der Waals surface area contributed by atoms with Crippen LogP contribution in [0.25, 0.3) is 0 Å². The summed E-state index contributed by atoms with van der Waals surface area (Å²) >= 11 is 9.53. The molecular formula is C19H13BrClFN4O. The van der Waals surface area contributed by atoms with E-state index < -0.39 is 11.6 Å². The number of benzene rings is 2. The van der Waals surface area contributed by atoms with Crippen molar-refractivity contribution in [2.24, 2.45) is 4.99 Å². The molecule has 2 aliphatic rings. The second-order valence-corrected chi connectivity index (χ2v) is 7.72. The molecule has 1 atom stereocenters. The zero-order valence-corrected chi connectivity index (χ0v) is 16.8. The van der Waals surface area contributed by atoms with Crippen LogP contribution in [0.5, 0.6) is 0 Å². The fraction of sp³-hybridized carbons (Fsp3) is 0.211. The molecule has 0 aliphatic carbocycles. The molecule has 136 valence electrons. The molecule has 0 fully saturated rings. The molecule has 27 heavy (non-hydrogen) atoms. The van der Waals surface area contributed by atoms with E-state index in [-0.39, 0.29) is 27.8 Å². The zero-order valence-electron chi connectivity index (χ0n) is 14.4. The third-order valence-corrected chi connectivity index (χ3v) is 5.75. The molecule has 4 rings (SSSR count). The van der Waals surface area contributed by atoms with Gasteiger partial charge in [-0.3, -0.25) is 9.79 Å². The lowest BCUT2D eigenvalue weighted by molar-refractivity contribution is 0.103. The average molecular weight is 448 g/mol. The first kappa shape index (κ1) is 18.0. The lowest BCUT2D eigenvalue weighted by atomic mass is 9.96. The van der Waals surface area contributed by atoms with E-state index >= 15 is 0 Å². The Kier molecular flexibility index (Phi) is 4.21. The number of aliphatic imine (C=N–C) groups is 1. The van der Waals surface area contributed by atoms with E-state index in [1.165, 1.54) is 12.1 Å². The molecule has 0 bridgehead atoms. The Balaban J connectivity index is 1.95. The topological polar surface area (TPSA) is 59.7 Å². The van der Waals surface area contributed by atoms with E-state index in [1.54, 1.807) is 6.07 Å². The normalized spacial score (nSPS) is 17.5. The second kappa shape index (κ2) is 6.32. The number of hydrogen-bond donors (Lipinski definition) is 0.